The molecular formula is C18H16F3N3OS. The summed E-state index contributed by atoms with van der Waals surface area (Å²) < 4.78 is 43.1. The number of benzene rings is 1. The summed E-state index contributed by atoms with van der Waals surface area (Å²) in [5.74, 6) is -0.519. The van der Waals surface area contributed by atoms with E-state index in [9.17, 15) is 18.0 Å². The number of hydrogen-bond acceptors (Lipinski definition) is 3. The van der Waals surface area contributed by atoms with Crippen LogP contribution in [0, 0.1) is 0 Å². The molecule has 0 saturated carbocycles. The van der Waals surface area contributed by atoms with Gasteiger partial charge in [-0.3, -0.25) is 9.78 Å². The summed E-state index contributed by atoms with van der Waals surface area (Å²) in [5, 5.41) is 0.502. The van der Waals surface area contributed by atoms with Gasteiger partial charge in [0, 0.05) is 40.3 Å². The van der Waals surface area contributed by atoms with Crippen LogP contribution >= 0.6 is 11.3 Å². The van der Waals surface area contributed by atoms with Gasteiger partial charge in [-0.25, -0.2) is 0 Å². The summed E-state index contributed by atoms with van der Waals surface area (Å²) in [5.41, 5.74) is 0.0288. The highest BCUT2D eigenvalue weighted by Gasteiger charge is 2.63. The van der Waals surface area contributed by atoms with Crippen LogP contribution in [0.1, 0.15) is 23.3 Å². The largest absolute Gasteiger partial charge is 0.416 e. The fourth-order valence-electron chi connectivity index (χ4n) is 3.87. The summed E-state index contributed by atoms with van der Waals surface area (Å²) in [6.07, 6.45) is -1.53. The lowest BCUT2D eigenvalue weighted by Gasteiger charge is -2.40. The maximum absolute atomic E-state index is 14.4. The Morgan fingerprint density at radius 1 is 1.35 bits per heavy atom. The first-order valence-corrected chi connectivity index (χ1v) is 9.12. The molecule has 1 aliphatic rings. The van der Waals surface area contributed by atoms with Crippen LogP contribution in [-0.2, 0) is 16.8 Å². The first-order valence-electron chi connectivity index (χ1n) is 8.24. The number of hydrogen-bond donors (Lipinski definition) is 1. The molecular weight excluding hydrogens is 363 g/mol. The number of rotatable bonds is 3. The number of aromatic amines is 1. The van der Waals surface area contributed by atoms with E-state index in [1.807, 2.05) is 0 Å². The Bertz CT molecular complexity index is 935. The number of nitrogens with zero attached hydrogens (tertiary/aromatic N) is 2. The van der Waals surface area contributed by atoms with E-state index in [4.69, 9.17) is 0 Å². The third-order valence-electron chi connectivity index (χ3n) is 4.99. The molecule has 2 aromatic heterocycles. The van der Waals surface area contributed by atoms with Crippen LogP contribution in [-0.4, -0.2) is 33.5 Å². The fourth-order valence-corrected chi connectivity index (χ4v) is 4.46. The lowest BCUT2D eigenvalue weighted by Crippen LogP contribution is -2.55. The molecule has 0 radical (unpaired) electrons. The molecule has 26 heavy (non-hydrogen) atoms. The predicted octanol–water partition coefficient (Wildman–Crippen LogP) is 4.25. The number of halogens is 3. The van der Waals surface area contributed by atoms with Crippen molar-refractivity contribution in [3.63, 3.8) is 0 Å². The Labute approximate surface area is 151 Å². The van der Waals surface area contributed by atoms with Crippen molar-refractivity contribution in [2.45, 2.75) is 31.0 Å². The smallest absolute Gasteiger partial charge is 0.361 e. The maximum Gasteiger partial charge on any atom is 0.416 e. The molecule has 1 unspecified atom stereocenters. The maximum atomic E-state index is 14.4. The Morgan fingerprint density at radius 3 is 2.88 bits per heavy atom. The van der Waals surface area contributed by atoms with Crippen LogP contribution in [0.4, 0.5) is 13.2 Å². The number of nitrogens with one attached hydrogen (secondary N) is 1. The number of thiazole rings is 1. The number of carbonyl (C=O) groups excluding carboxylic acids is 1. The standard InChI is InChI=1S/C18H16F3N3OS/c19-18(20,21)17(14-10-23-15-5-2-1-4-13(14)15)6-3-7-24(17)16(25)8-12-9-22-11-26-12/h1-2,4-5,9-11,23H,3,6-8H2. The molecule has 1 amide bonds. The number of aromatic nitrogens is 2. The van der Waals surface area contributed by atoms with Crippen LogP contribution < -0.4 is 0 Å². The average molecular weight is 379 g/mol. The van der Waals surface area contributed by atoms with Gasteiger partial charge in [0.05, 0.1) is 11.9 Å². The van der Waals surface area contributed by atoms with Gasteiger partial charge in [-0.15, -0.1) is 11.3 Å². The van der Waals surface area contributed by atoms with Crippen molar-refractivity contribution >= 4 is 28.1 Å². The molecule has 4 nitrogen and oxygen atoms in total. The Kier molecular flexibility index (Phi) is 4.02. The van der Waals surface area contributed by atoms with Crippen molar-refractivity contribution in [3.05, 3.63) is 52.6 Å². The van der Waals surface area contributed by atoms with E-state index in [0.29, 0.717) is 22.2 Å². The zero-order chi connectivity index (χ0) is 18.4. The molecule has 3 aromatic rings. The van der Waals surface area contributed by atoms with Gasteiger partial charge in [-0.05, 0) is 18.9 Å². The zero-order valence-electron chi connectivity index (χ0n) is 13.7. The molecule has 1 N–H and O–H groups in total. The SMILES string of the molecule is O=C(Cc1cncs1)N1CCCC1(c1c[nH]c2ccccc12)C(F)(F)F. The Balaban J connectivity index is 1.82. The Hall–Kier alpha value is -2.35. The van der Waals surface area contributed by atoms with Gasteiger partial charge < -0.3 is 9.88 Å². The number of para-hydroxylation sites is 1. The van der Waals surface area contributed by atoms with Crippen molar-refractivity contribution in [2.24, 2.45) is 0 Å². The van der Waals surface area contributed by atoms with Gasteiger partial charge in [0.2, 0.25) is 5.91 Å². The third kappa shape index (κ3) is 2.51. The van der Waals surface area contributed by atoms with E-state index in [1.54, 1.807) is 29.8 Å². The van der Waals surface area contributed by atoms with Gasteiger partial charge >= 0.3 is 6.18 Å². The molecule has 1 saturated heterocycles. The van der Waals surface area contributed by atoms with Crippen molar-refractivity contribution in [1.29, 1.82) is 0 Å². The number of amides is 1. The molecule has 8 heteroatoms. The molecule has 1 atom stereocenters. The second-order valence-corrected chi connectivity index (χ2v) is 7.37. The van der Waals surface area contributed by atoms with Crippen LogP contribution in [0.2, 0.25) is 0 Å². The summed E-state index contributed by atoms with van der Waals surface area (Å²) in [6.45, 7) is 0.0939. The van der Waals surface area contributed by atoms with Gasteiger partial charge in [-0.1, -0.05) is 18.2 Å². The van der Waals surface area contributed by atoms with Crippen LogP contribution in [0.5, 0.6) is 0 Å². The molecule has 0 bridgehead atoms. The van der Waals surface area contributed by atoms with E-state index in [0.717, 1.165) is 4.90 Å². The zero-order valence-corrected chi connectivity index (χ0v) is 14.5. The van der Waals surface area contributed by atoms with E-state index < -0.39 is 17.6 Å². The fraction of sp³-hybridized carbons (Fsp3) is 0.333. The minimum absolute atomic E-state index is 0.0646. The molecule has 136 valence electrons. The van der Waals surface area contributed by atoms with Crippen LogP contribution in [0.25, 0.3) is 10.9 Å². The monoisotopic (exact) mass is 379 g/mol. The molecule has 1 fully saturated rings. The highest BCUT2D eigenvalue weighted by atomic mass is 32.1. The topological polar surface area (TPSA) is 49.0 Å². The second-order valence-electron chi connectivity index (χ2n) is 6.40. The summed E-state index contributed by atoms with van der Waals surface area (Å²) in [4.78, 5) is 21.3. The molecule has 1 aliphatic heterocycles. The van der Waals surface area contributed by atoms with Gasteiger partial charge in [0.15, 0.2) is 5.54 Å². The molecule has 0 spiro atoms. The predicted molar refractivity (Wildman–Crippen MR) is 92.8 cm³/mol. The Morgan fingerprint density at radius 2 is 2.15 bits per heavy atom. The van der Waals surface area contributed by atoms with Crippen LogP contribution in [0.3, 0.4) is 0 Å². The van der Waals surface area contributed by atoms with Gasteiger partial charge in [0.25, 0.3) is 0 Å². The lowest BCUT2D eigenvalue weighted by atomic mass is 9.85. The highest BCUT2D eigenvalue weighted by Crippen LogP contribution is 2.52. The number of likely N-dealkylation sites (tertiary alicyclic amines) is 1. The number of fused-ring (bicyclic) bond motifs is 1. The van der Waals surface area contributed by atoms with Gasteiger partial charge in [-0.2, -0.15) is 13.2 Å². The molecule has 4 rings (SSSR count). The van der Waals surface area contributed by atoms with E-state index in [-0.39, 0.29) is 24.9 Å². The lowest BCUT2D eigenvalue weighted by molar-refractivity contribution is -0.228. The third-order valence-corrected chi connectivity index (χ3v) is 5.77. The van der Waals surface area contributed by atoms with Crippen molar-refractivity contribution in [2.75, 3.05) is 6.54 Å². The van der Waals surface area contributed by atoms with Crippen molar-refractivity contribution < 1.29 is 18.0 Å². The average Bonchev–Trinajstić information content (AvgIpc) is 3.32. The van der Waals surface area contributed by atoms with E-state index in [1.165, 1.54) is 23.7 Å². The first-order chi connectivity index (χ1) is 12.4. The first kappa shape index (κ1) is 17.1. The van der Waals surface area contributed by atoms with E-state index >= 15 is 0 Å². The molecule has 0 aliphatic carbocycles. The second kappa shape index (κ2) is 6.12. The summed E-state index contributed by atoms with van der Waals surface area (Å²) in [6, 6.07) is 6.88. The van der Waals surface area contributed by atoms with E-state index in [2.05, 4.69) is 9.97 Å². The molecule has 1 aromatic carbocycles. The quantitative estimate of drug-likeness (QED) is 0.740. The summed E-state index contributed by atoms with van der Waals surface area (Å²) >= 11 is 1.27. The minimum Gasteiger partial charge on any atom is -0.361 e. The van der Waals surface area contributed by atoms with Gasteiger partial charge in [0.1, 0.15) is 0 Å². The highest BCUT2D eigenvalue weighted by molar-refractivity contribution is 7.09. The number of carbonyl (C=O) groups is 1. The van der Waals surface area contributed by atoms with Crippen molar-refractivity contribution in [3.8, 4) is 0 Å². The number of alkyl halides is 3. The summed E-state index contributed by atoms with van der Waals surface area (Å²) in [7, 11) is 0. The minimum atomic E-state index is -4.57. The van der Waals surface area contributed by atoms with Crippen LogP contribution in [0.15, 0.2) is 42.2 Å². The van der Waals surface area contributed by atoms with Crippen molar-refractivity contribution in [1.82, 2.24) is 14.9 Å². The number of H-pyrrole nitrogens is 1. The normalized spacial score (nSPS) is 20.8. The molecule has 3 heterocycles.